The first-order valence-corrected chi connectivity index (χ1v) is 6.23. The van der Waals surface area contributed by atoms with E-state index in [1.165, 1.54) is 18.4 Å². The van der Waals surface area contributed by atoms with Crippen LogP contribution in [0.15, 0.2) is 34.5 Å². The number of ether oxygens (including phenoxy) is 2. The molecule has 98 valence electrons. The third-order valence-corrected chi connectivity index (χ3v) is 3.59. The second kappa shape index (κ2) is 5.12. The summed E-state index contributed by atoms with van der Waals surface area (Å²) >= 11 is 1.33. The van der Waals surface area contributed by atoms with Gasteiger partial charge in [0.2, 0.25) is 5.88 Å². The Balaban J connectivity index is 2.61. The van der Waals surface area contributed by atoms with Crippen LogP contribution in [0, 0.1) is 11.3 Å². The van der Waals surface area contributed by atoms with Gasteiger partial charge in [0.25, 0.3) is 0 Å². The van der Waals surface area contributed by atoms with E-state index in [4.69, 9.17) is 15.2 Å². The van der Waals surface area contributed by atoms with Gasteiger partial charge in [-0.25, -0.2) is 4.79 Å². The van der Waals surface area contributed by atoms with E-state index in [1.54, 1.807) is 18.6 Å². The maximum atomic E-state index is 11.9. The molecule has 2 N–H and O–H groups in total. The fourth-order valence-corrected chi connectivity index (χ4v) is 2.65. The van der Waals surface area contributed by atoms with Crippen molar-refractivity contribution in [3.05, 3.63) is 39.4 Å². The van der Waals surface area contributed by atoms with E-state index in [-0.39, 0.29) is 17.0 Å². The van der Waals surface area contributed by atoms with E-state index in [9.17, 15) is 10.1 Å². The SMILES string of the molecule is COC(=O)C1=C(C)OC(N)=C(C#N)C1c1cncs1. The molecule has 0 spiro atoms. The summed E-state index contributed by atoms with van der Waals surface area (Å²) in [5, 5.41) is 9.23. The second-order valence-electron chi connectivity index (χ2n) is 3.79. The van der Waals surface area contributed by atoms with Gasteiger partial charge < -0.3 is 15.2 Å². The first-order valence-electron chi connectivity index (χ1n) is 5.35. The molecule has 0 saturated heterocycles. The number of nitriles is 1. The zero-order valence-corrected chi connectivity index (χ0v) is 11.2. The molecule has 1 atom stereocenters. The number of aromatic nitrogens is 1. The highest BCUT2D eigenvalue weighted by Crippen LogP contribution is 2.40. The van der Waals surface area contributed by atoms with Crippen molar-refractivity contribution >= 4 is 17.3 Å². The van der Waals surface area contributed by atoms with Crippen LogP contribution < -0.4 is 5.73 Å². The molecule has 6 nitrogen and oxygen atoms in total. The maximum absolute atomic E-state index is 11.9. The lowest BCUT2D eigenvalue weighted by Crippen LogP contribution is -2.24. The molecule has 0 radical (unpaired) electrons. The molecule has 2 heterocycles. The molecule has 0 amide bonds. The van der Waals surface area contributed by atoms with Gasteiger partial charge in [-0.15, -0.1) is 11.3 Å². The molecule has 0 aliphatic carbocycles. The molecule has 19 heavy (non-hydrogen) atoms. The maximum Gasteiger partial charge on any atom is 0.338 e. The van der Waals surface area contributed by atoms with Crippen LogP contribution >= 0.6 is 11.3 Å². The molecule has 1 aliphatic rings. The lowest BCUT2D eigenvalue weighted by Gasteiger charge is -2.25. The molecule has 1 aromatic rings. The first-order chi connectivity index (χ1) is 9.10. The van der Waals surface area contributed by atoms with E-state index in [2.05, 4.69) is 4.98 Å². The number of hydrogen-bond acceptors (Lipinski definition) is 7. The number of methoxy groups -OCH3 is 1. The summed E-state index contributed by atoms with van der Waals surface area (Å²) < 4.78 is 10.0. The van der Waals surface area contributed by atoms with Gasteiger partial charge in [-0.2, -0.15) is 5.26 Å². The Morgan fingerprint density at radius 1 is 1.68 bits per heavy atom. The van der Waals surface area contributed by atoms with Crippen molar-refractivity contribution in [2.45, 2.75) is 12.8 Å². The van der Waals surface area contributed by atoms with Crippen LogP contribution in [0.5, 0.6) is 0 Å². The zero-order valence-electron chi connectivity index (χ0n) is 10.3. The first kappa shape index (κ1) is 13.1. The molecule has 0 fully saturated rings. The minimum Gasteiger partial charge on any atom is -0.466 e. The summed E-state index contributed by atoms with van der Waals surface area (Å²) in [5.74, 6) is -0.789. The van der Waals surface area contributed by atoms with Gasteiger partial charge in [0, 0.05) is 11.1 Å². The number of carbonyl (C=O) groups excluding carboxylic acids is 1. The summed E-state index contributed by atoms with van der Waals surface area (Å²) in [6.07, 6.45) is 1.60. The summed E-state index contributed by atoms with van der Waals surface area (Å²) in [6, 6.07) is 1.99. The topological polar surface area (TPSA) is 98.2 Å². The molecule has 0 aromatic carbocycles. The molecular formula is C12H11N3O3S. The highest BCUT2D eigenvalue weighted by atomic mass is 32.1. The minimum absolute atomic E-state index is 0.00560. The highest BCUT2D eigenvalue weighted by Gasteiger charge is 2.36. The number of allylic oxidation sites excluding steroid dienone is 2. The lowest BCUT2D eigenvalue weighted by atomic mass is 9.88. The van der Waals surface area contributed by atoms with Crippen molar-refractivity contribution in [2.75, 3.05) is 7.11 Å². The molecule has 1 aliphatic heterocycles. The molecule has 2 rings (SSSR count). The van der Waals surface area contributed by atoms with Crippen molar-refractivity contribution in [1.82, 2.24) is 4.98 Å². The average Bonchev–Trinajstić information content (AvgIpc) is 2.90. The van der Waals surface area contributed by atoms with Crippen molar-refractivity contribution in [1.29, 1.82) is 5.26 Å². The standard InChI is InChI=1S/C12H11N3O3S/c1-6-9(12(16)17-2)10(8-4-15-5-19-8)7(3-13)11(14)18-6/h4-5,10H,14H2,1-2H3. The normalized spacial score (nSPS) is 18.9. The molecular weight excluding hydrogens is 266 g/mol. The summed E-state index contributed by atoms with van der Waals surface area (Å²) in [4.78, 5) is 16.6. The third-order valence-electron chi connectivity index (χ3n) is 2.75. The number of nitrogens with two attached hydrogens (primary N) is 1. The van der Waals surface area contributed by atoms with Gasteiger partial charge in [0.1, 0.15) is 17.4 Å². The zero-order chi connectivity index (χ0) is 14.0. The van der Waals surface area contributed by atoms with Crippen LogP contribution in [0.1, 0.15) is 17.7 Å². The van der Waals surface area contributed by atoms with Crippen LogP contribution in [-0.4, -0.2) is 18.1 Å². The summed E-state index contributed by atoms with van der Waals surface area (Å²) in [5.41, 5.74) is 7.80. The van der Waals surface area contributed by atoms with E-state index in [0.29, 0.717) is 5.76 Å². The molecule has 1 unspecified atom stereocenters. The molecule has 1 aromatic heterocycles. The number of hydrogen-bond donors (Lipinski definition) is 1. The van der Waals surface area contributed by atoms with Gasteiger partial charge in [-0.3, -0.25) is 4.98 Å². The molecule has 0 saturated carbocycles. The fourth-order valence-electron chi connectivity index (χ4n) is 1.91. The van der Waals surface area contributed by atoms with Crippen molar-refractivity contribution in [2.24, 2.45) is 5.73 Å². The number of thiazole rings is 1. The lowest BCUT2D eigenvalue weighted by molar-refractivity contribution is -0.136. The van der Waals surface area contributed by atoms with Crippen LogP contribution in [0.2, 0.25) is 0 Å². The van der Waals surface area contributed by atoms with Crippen molar-refractivity contribution in [3.8, 4) is 6.07 Å². The Morgan fingerprint density at radius 3 is 2.95 bits per heavy atom. The Labute approximate surface area is 113 Å². The number of nitrogens with zero attached hydrogens (tertiary/aromatic N) is 2. The Morgan fingerprint density at radius 2 is 2.42 bits per heavy atom. The van der Waals surface area contributed by atoms with Crippen LogP contribution in [0.25, 0.3) is 0 Å². The number of rotatable bonds is 2. The Bertz CT molecular complexity index is 611. The predicted octanol–water partition coefficient (Wildman–Crippen LogP) is 1.40. The van der Waals surface area contributed by atoms with E-state index in [1.807, 2.05) is 6.07 Å². The fraction of sp³-hybridized carbons (Fsp3) is 0.250. The summed E-state index contributed by atoms with van der Waals surface area (Å²) in [7, 11) is 1.28. The summed E-state index contributed by atoms with van der Waals surface area (Å²) in [6.45, 7) is 1.61. The Hall–Kier alpha value is -2.33. The average molecular weight is 277 g/mol. The third kappa shape index (κ3) is 2.18. The minimum atomic E-state index is -0.585. The van der Waals surface area contributed by atoms with Crippen molar-refractivity contribution in [3.63, 3.8) is 0 Å². The number of esters is 1. The molecule has 7 heteroatoms. The quantitative estimate of drug-likeness (QED) is 0.820. The smallest absolute Gasteiger partial charge is 0.338 e. The van der Waals surface area contributed by atoms with Crippen molar-refractivity contribution < 1.29 is 14.3 Å². The molecule has 0 bridgehead atoms. The van der Waals surface area contributed by atoms with Gasteiger partial charge in [-0.05, 0) is 6.92 Å². The van der Waals surface area contributed by atoms with Crippen LogP contribution in [0.3, 0.4) is 0 Å². The van der Waals surface area contributed by atoms with Gasteiger partial charge >= 0.3 is 5.97 Å². The Kier molecular flexibility index (Phi) is 3.53. The highest BCUT2D eigenvalue weighted by molar-refractivity contribution is 7.09. The largest absolute Gasteiger partial charge is 0.466 e. The number of carbonyl (C=O) groups is 1. The monoisotopic (exact) mass is 277 g/mol. The van der Waals surface area contributed by atoms with Crippen LogP contribution in [-0.2, 0) is 14.3 Å². The van der Waals surface area contributed by atoms with E-state index < -0.39 is 11.9 Å². The van der Waals surface area contributed by atoms with E-state index in [0.717, 1.165) is 4.88 Å². The van der Waals surface area contributed by atoms with Gasteiger partial charge in [0.05, 0.1) is 24.1 Å². The van der Waals surface area contributed by atoms with Gasteiger partial charge in [0.15, 0.2) is 0 Å². The van der Waals surface area contributed by atoms with Crippen LogP contribution in [0.4, 0.5) is 0 Å². The van der Waals surface area contributed by atoms with Gasteiger partial charge in [-0.1, -0.05) is 0 Å². The second-order valence-corrected chi connectivity index (χ2v) is 4.71. The predicted molar refractivity (Wildman–Crippen MR) is 67.5 cm³/mol. The van der Waals surface area contributed by atoms with E-state index >= 15 is 0 Å².